The molecule has 0 amide bonds. The largest absolute Gasteiger partial charge is 0.491 e. The van der Waals surface area contributed by atoms with Crippen molar-refractivity contribution in [2.45, 2.75) is 115 Å². The molecule has 2 aromatic carbocycles. The van der Waals surface area contributed by atoms with Crippen LogP contribution < -0.4 is 4.74 Å². The summed E-state index contributed by atoms with van der Waals surface area (Å²) < 4.78 is 41.1. The Labute approximate surface area is 240 Å². The van der Waals surface area contributed by atoms with Crippen LogP contribution in [0.15, 0.2) is 42.5 Å². The highest BCUT2D eigenvalue weighted by atomic mass is 19.1. The second-order valence-corrected chi connectivity index (χ2v) is 12.4. The third kappa shape index (κ3) is 7.16. The first-order valence-corrected chi connectivity index (χ1v) is 16.1. The lowest BCUT2D eigenvalue weighted by Gasteiger charge is -2.36. The molecule has 3 aliphatic rings. The Balaban J connectivity index is 1.11. The minimum Gasteiger partial charge on any atom is -0.491 e. The van der Waals surface area contributed by atoms with E-state index < -0.39 is 0 Å². The van der Waals surface area contributed by atoms with Gasteiger partial charge in [-0.2, -0.15) is 0 Å². The first kappa shape index (κ1) is 29.3. The summed E-state index contributed by atoms with van der Waals surface area (Å²) in [7, 11) is 0. The average molecular weight is 551 g/mol. The molecule has 4 heteroatoms. The summed E-state index contributed by atoms with van der Waals surface area (Å²) >= 11 is 0. The van der Waals surface area contributed by atoms with Crippen LogP contribution in [-0.2, 0) is 4.74 Å². The summed E-state index contributed by atoms with van der Waals surface area (Å²) in [5.74, 6) is 2.35. The van der Waals surface area contributed by atoms with E-state index in [4.69, 9.17) is 9.47 Å². The third-order valence-electron chi connectivity index (χ3n) is 9.95. The Morgan fingerprint density at radius 3 is 2.02 bits per heavy atom. The lowest BCUT2D eigenvalue weighted by atomic mass is 9.70. The van der Waals surface area contributed by atoms with Crippen molar-refractivity contribution in [3.63, 3.8) is 0 Å². The van der Waals surface area contributed by atoms with Crippen molar-refractivity contribution < 1.29 is 18.3 Å². The highest BCUT2D eigenvalue weighted by molar-refractivity contribution is 5.67. The van der Waals surface area contributed by atoms with E-state index >= 15 is 4.39 Å². The lowest BCUT2D eigenvalue weighted by molar-refractivity contribution is 0.0232. The summed E-state index contributed by atoms with van der Waals surface area (Å²) in [6.07, 6.45) is 17.2. The van der Waals surface area contributed by atoms with Gasteiger partial charge in [-0.05, 0) is 143 Å². The maximum Gasteiger partial charge on any atom is 0.165 e. The molecule has 0 radical (unpaired) electrons. The van der Waals surface area contributed by atoms with E-state index in [-0.39, 0.29) is 11.6 Å². The monoisotopic (exact) mass is 550 g/mol. The zero-order chi connectivity index (χ0) is 27.9. The number of halogens is 2. The van der Waals surface area contributed by atoms with Gasteiger partial charge in [0, 0.05) is 12.2 Å². The average Bonchev–Trinajstić information content (AvgIpc) is 2.99. The molecular weight excluding hydrogens is 502 g/mol. The molecule has 218 valence electrons. The highest BCUT2D eigenvalue weighted by Gasteiger charge is 2.30. The molecule has 0 spiro atoms. The van der Waals surface area contributed by atoms with Crippen molar-refractivity contribution in [1.29, 1.82) is 0 Å². The molecule has 0 bridgehead atoms. The van der Waals surface area contributed by atoms with Gasteiger partial charge in [0.2, 0.25) is 0 Å². The summed E-state index contributed by atoms with van der Waals surface area (Å²) in [4.78, 5) is 0. The second-order valence-electron chi connectivity index (χ2n) is 12.4. The molecular formula is C36H48F2O2. The standard InChI is InChI=1S/C36H48F2O2/c1-3-5-22-40-32-18-14-28(15-19-32)30-16-20-33(34(37)23-30)29-12-10-26(11-13-29)25-6-8-27(9-7-25)31-17-21-36(39-4-2)35(38)24-31/h12,16-17,20-21,23-28,32H,3-11,13-15,18-19,22H2,1-2H3. The first-order chi connectivity index (χ1) is 19.6. The van der Waals surface area contributed by atoms with Crippen LogP contribution in [0.1, 0.15) is 126 Å². The van der Waals surface area contributed by atoms with E-state index in [9.17, 15) is 4.39 Å². The van der Waals surface area contributed by atoms with E-state index in [1.807, 2.05) is 25.1 Å². The fraction of sp³-hybridized carbons (Fsp3) is 0.611. The van der Waals surface area contributed by atoms with E-state index in [1.54, 1.807) is 12.1 Å². The van der Waals surface area contributed by atoms with Crippen molar-refractivity contribution in [2.75, 3.05) is 13.2 Å². The molecule has 2 aromatic rings. The van der Waals surface area contributed by atoms with Gasteiger partial charge in [-0.15, -0.1) is 0 Å². The van der Waals surface area contributed by atoms with Crippen molar-refractivity contribution in [2.24, 2.45) is 11.8 Å². The fourth-order valence-electron chi connectivity index (χ4n) is 7.50. The second kappa shape index (κ2) is 14.1. The Bertz CT molecular complexity index is 1130. The molecule has 2 nitrogen and oxygen atoms in total. The van der Waals surface area contributed by atoms with Crippen molar-refractivity contribution in [1.82, 2.24) is 0 Å². The summed E-state index contributed by atoms with van der Waals surface area (Å²) in [6, 6.07) is 11.5. The van der Waals surface area contributed by atoms with Gasteiger partial charge in [0.25, 0.3) is 0 Å². The lowest BCUT2D eigenvalue weighted by Crippen LogP contribution is -2.22. The van der Waals surface area contributed by atoms with Gasteiger partial charge in [-0.1, -0.05) is 37.6 Å². The number of hydrogen-bond donors (Lipinski definition) is 0. The SMILES string of the molecule is CCCCOC1CCC(c2ccc(C3=CCC(C4CCC(c5ccc(OCC)c(F)c5)CC4)CC3)c(F)c2)CC1. The van der Waals surface area contributed by atoms with Crippen LogP contribution in [0.2, 0.25) is 0 Å². The van der Waals surface area contributed by atoms with Crippen molar-refractivity contribution in [3.05, 3.63) is 70.8 Å². The molecule has 5 rings (SSSR count). The van der Waals surface area contributed by atoms with Crippen LogP contribution in [0.4, 0.5) is 8.78 Å². The molecule has 0 N–H and O–H groups in total. The van der Waals surface area contributed by atoms with Crippen LogP contribution in [0.5, 0.6) is 5.75 Å². The van der Waals surface area contributed by atoms with E-state index in [1.165, 1.54) is 24.8 Å². The molecule has 0 aromatic heterocycles. The number of rotatable bonds is 10. The van der Waals surface area contributed by atoms with Crippen molar-refractivity contribution >= 4 is 5.57 Å². The van der Waals surface area contributed by atoms with Crippen LogP contribution in [-0.4, -0.2) is 19.3 Å². The van der Waals surface area contributed by atoms with Crippen LogP contribution in [0.3, 0.4) is 0 Å². The molecule has 40 heavy (non-hydrogen) atoms. The first-order valence-electron chi connectivity index (χ1n) is 16.1. The Kier molecular flexibility index (Phi) is 10.3. The number of ether oxygens (including phenoxy) is 2. The zero-order valence-electron chi connectivity index (χ0n) is 24.6. The molecule has 0 saturated heterocycles. The number of benzene rings is 2. The maximum absolute atomic E-state index is 15.3. The normalized spacial score (nSPS) is 27.3. The van der Waals surface area contributed by atoms with Crippen LogP contribution >= 0.6 is 0 Å². The van der Waals surface area contributed by atoms with E-state index in [0.29, 0.717) is 36.2 Å². The van der Waals surface area contributed by atoms with Gasteiger partial charge in [-0.3, -0.25) is 0 Å². The molecule has 0 aliphatic heterocycles. The van der Waals surface area contributed by atoms with Crippen molar-refractivity contribution in [3.8, 4) is 5.75 Å². The van der Waals surface area contributed by atoms with Gasteiger partial charge >= 0.3 is 0 Å². The van der Waals surface area contributed by atoms with Gasteiger partial charge in [0.05, 0.1) is 12.7 Å². The maximum atomic E-state index is 15.3. The van der Waals surface area contributed by atoms with Gasteiger partial charge < -0.3 is 9.47 Å². The summed E-state index contributed by atoms with van der Waals surface area (Å²) in [5, 5.41) is 0. The van der Waals surface area contributed by atoms with Crippen LogP contribution in [0.25, 0.3) is 5.57 Å². The van der Waals surface area contributed by atoms with Gasteiger partial charge in [0.15, 0.2) is 11.6 Å². The Hall–Kier alpha value is -2.20. The predicted octanol–water partition coefficient (Wildman–Crippen LogP) is 10.4. The van der Waals surface area contributed by atoms with E-state index in [2.05, 4.69) is 19.1 Å². The molecule has 2 saturated carbocycles. The van der Waals surface area contributed by atoms with Gasteiger partial charge in [0.1, 0.15) is 5.82 Å². The Morgan fingerprint density at radius 2 is 1.43 bits per heavy atom. The molecule has 1 unspecified atom stereocenters. The summed E-state index contributed by atoms with van der Waals surface area (Å²) in [5.41, 5.74) is 4.26. The number of hydrogen-bond acceptors (Lipinski definition) is 2. The molecule has 1 atom stereocenters. The minimum atomic E-state index is -0.244. The smallest absolute Gasteiger partial charge is 0.165 e. The third-order valence-corrected chi connectivity index (χ3v) is 9.95. The minimum absolute atomic E-state index is 0.0494. The fourth-order valence-corrected chi connectivity index (χ4v) is 7.50. The predicted molar refractivity (Wildman–Crippen MR) is 160 cm³/mol. The van der Waals surface area contributed by atoms with E-state index in [0.717, 1.165) is 93.4 Å². The highest BCUT2D eigenvalue weighted by Crippen LogP contribution is 2.44. The molecule has 0 heterocycles. The van der Waals surface area contributed by atoms with Crippen LogP contribution in [0, 0.1) is 23.5 Å². The molecule has 2 fully saturated rings. The van der Waals surface area contributed by atoms with Gasteiger partial charge in [-0.25, -0.2) is 8.78 Å². The quantitative estimate of drug-likeness (QED) is 0.274. The molecule has 3 aliphatic carbocycles. The summed E-state index contributed by atoms with van der Waals surface area (Å²) in [6.45, 7) is 5.43. The zero-order valence-corrected chi connectivity index (χ0v) is 24.6. The number of allylic oxidation sites excluding steroid dienone is 2. The number of unbranched alkanes of at least 4 members (excludes halogenated alkanes) is 1. The Morgan fingerprint density at radius 1 is 0.750 bits per heavy atom. The topological polar surface area (TPSA) is 18.5 Å².